The van der Waals surface area contributed by atoms with Crippen LogP contribution in [0.1, 0.15) is 42.5 Å². The SMILES string of the molecule is CCc1ccc(CN[C@@H](C)c2ccccc2C)o1. The van der Waals surface area contributed by atoms with E-state index in [0.29, 0.717) is 6.04 Å². The molecule has 18 heavy (non-hydrogen) atoms. The maximum atomic E-state index is 5.69. The van der Waals surface area contributed by atoms with Crippen molar-refractivity contribution in [3.8, 4) is 0 Å². The smallest absolute Gasteiger partial charge is 0.117 e. The Kier molecular flexibility index (Phi) is 4.21. The van der Waals surface area contributed by atoms with Gasteiger partial charge in [0.1, 0.15) is 11.5 Å². The summed E-state index contributed by atoms with van der Waals surface area (Å²) in [6.45, 7) is 7.21. The van der Waals surface area contributed by atoms with Crippen LogP contribution >= 0.6 is 0 Å². The molecule has 0 bridgehead atoms. The van der Waals surface area contributed by atoms with E-state index in [0.717, 1.165) is 24.5 Å². The van der Waals surface area contributed by atoms with Crippen LogP contribution in [0.5, 0.6) is 0 Å². The summed E-state index contributed by atoms with van der Waals surface area (Å²) in [5.41, 5.74) is 2.67. The maximum absolute atomic E-state index is 5.69. The third kappa shape index (κ3) is 3.02. The molecular formula is C16H21NO. The summed E-state index contributed by atoms with van der Waals surface area (Å²) in [4.78, 5) is 0. The number of aryl methyl sites for hydroxylation is 2. The zero-order chi connectivity index (χ0) is 13.0. The van der Waals surface area contributed by atoms with E-state index >= 15 is 0 Å². The second-order valence-corrected chi connectivity index (χ2v) is 4.68. The van der Waals surface area contributed by atoms with E-state index in [2.05, 4.69) is 62.5 Å². The number of hydrogen-bond donors (Lipinski definition) is 1. The third-order valence-corrected chi connectivity index (χ3v) is 3.30. The van der Waals surface area contributed by atoms with Gasteiger partial charge in [-0.2, -0.15) is 0 Å². The number of furan rings is 1. The lowest BCUT2D eigenvalue weighted by molar-refractivity contribution is 0.435. The largest absolute Gasteiger partial charge is 0.465 e. The second kappa shape index (κ2) is 5.87. The summed E-state index contributed by atoms with van der Waals surface area (Å²) in [6.07, 6.45) is 0.952. The average Bonchev–Trinajstić information content (AvgIpc) is 2.84. The van der Waals surface area contributed by atoms with Gasteiger partial charge in [-0.05, 0) is 37.1 Å². The Bertz CT molecular complexity index is 501. The van der Waals surface area contributed by atoms with Crippen LogP contribution < -0.4 is 5.32 Å². The normalized spacial score (nSPS) is 12.6. The van der Waals surface area contributed by atoms with Crippen LogP contribution in [0.25, 0.3) is 0 Å². The first kappa shape index (κ1) is 12.9. The number of hydrogen-bond acceptors (Lipinski definition) is 2. The minimum Gasteiger partial charge on any atom is -0.465 e. The molecule has 2 heteroatoms. The van der Waals surface area contributed by atoms with Gasteiger partial charge in [0.05, 0.1) is 6.54 Å². The van der Waals surface area contributed by atoms with Crippen molar-refractivity contribution in [1.29, 1.82) is 0 Å². The van der Waals surface area contributed by atoms with Crippen molar-refractivity contribution in [1.82, 2.24) is 5.32 Å². The minimum absolute atomic E-state index is 0.335. The molecule has 1 atom stereocenters. The molecule has 2 nitrogen and oxygen atoms in total. The fraction of sp³-hybridized carbons (Fsp3) is 0.375. The van der Waals surface area contributed by atoms with Gasteiger partial charge >= 0.3 is 0 Å². The summed E-state index contributed by atoms with van der Waals surface area (Å²) >= 11 is 0. The van der Waals surface area contributed by atoms with Gasteiger partial charge < -0.3 is 9.73 Å². The summed E-state index contributed by atoms with van der Waals surface area (Å²) in [7, 11) is 0. The van der Waals surface area contributed by atoms with Crippen LogP contribution in [-0.4, -0.2) is 0 Å². The van der Waals surface area contributed by atoms with Crippen LogP contribution in [0, 0.1) is 6.92 Å². The van der Waals surface area contributed by atoms with E-state index in [4.69, 9.17) is 4.42 Å². The van der Waals surface area contributed by atoms with E-state index < -0.39 is 0 Å². The van der Waals surface area contributed by atoms with E-state index in [9.17, 15) is 0 Å². The van der Waals surface area contributed by atoms with Crippen molar-refractivity contribution >= 4 is 0 Å². The molecule has 0 amide bonds. The fourth-order valence-corrected chi connectivity index (χ4v) is 2.14. The van der Waals surface area contributed by atoms with Gasteiger partial charge in [0, 0.05) is 12.5 Å². The van der Waals surface area contributed by atoms with Crippen LogP contribution in [-0.2, 0) is 13.0 Å². The van der Waals surface area contributed by atoms with Crippen molar-refractivity contribution in [3.63, 3.8) is 0 Å². The molecule has 0 spiro atoms. The zero-order valence-corrected chi connectivity index (χ0v) is 11.4. The van der Waals surface area contributed by atoms with Crippen molar-refractivity contribution < 1.29 is 4.42 Å². The molecular weight excluding hydrogens is 222 g/mol. The highest BCUT2D eigenvalue weighted by molar-refractivity contribution is 5.28. The summed E-state index contributed by atoms with van der Waals surface area (Å²) in [5, 5.41) is 3.50. The standard InChI is InChI=1S/C16H21NO/c1-4-14-9-10-15(18-14)11-17-13(3)16-8-6-5-7-12(16)2/h5-10,13,17H,4,11H2,1-3H3/t13-/m0/s1. The van der Waals surface area contributed by atoms with Gasteiger partial charge in [-0.25, -0.2) is 0 Å². The first-order valence-electron chi connectivity index (χ1n) is 6.57. The predicted molar refractivity (Wildman–Crippen MR) is 74.5 cm³/mol. The van der Waals surface area contributed by atoms with Crippen LogP contribution in [0.3, 0.4) is 0 Å². The van der Waals surface area contributed by atoms with E-state index in [1.165, 1.54) is 11.1 Å². The molecule has 0 unspecified atom stereocenters. The molecule has 0 aliphatic carbocycles. The Hall–Kier alpha value is -1.54. The van der Waals surface area contributed by atoms with Gasteiger partial charge in [0.25, 0.3) is 0 Å². The van der Waals surface area contributed by atoms with E-state index in [-0.39, 0.29) is 0 Å². The Labute approximate surface area is 109 Å². The monoisotopic (exact) mass is 243 g/mol. The Balaban J connectivity index is 1.96. The maximum Gasteiger partial charge on any atom is 0.117 e. The lowest BCUT2D eigenvalue weighted by Crippen LogP contribution is -2.18. The van der Waals surface area contributed by atoms with Gasteiger partial charge in [0.2, 0.25) is 0 Å². The van der Waals surface area contributed by atoms with Gasteiger partial charge in [-0.1, -0.05) is 31.2 Å². The lowest BCUT2D eigenvalue weighted by Gasteiger charge is -2.15. The van der Waals surface area contributed by atoms with Crippen molar-refractivity contribution in [2.24, 2.45) is 0 Å². The molecule has 0 fully saturated rings. The Morgan fingerprint density at radius 3 is 2.50 bits per heavy atom. The highest BCUT2D eigenvalue weighted by Crippen LogP contribution is 2.17. The summed E-state index contributed by atoms with van der Waals surface area (Å²) in [5.74, 6) is 2.06. The van der Waals surface area contributed by atoms with Crippen LogP contribution in [0.4, 0.5) is 0 Å². The Morgan fingerprint density at radius 1 is 1.11 bits per heavy atom. The minimum atomic E-state index is 0.335. The molecule has 96 valence electrons. The van der Waals surface area contributed by atoms with Gasteiger partial charge in [-0.15, -0.1) is 0 Å². The van der Waals surface area contributed by atoms with Crippen molar-refractivity contribution in [2.45, 2.75) is 39.8 Å². The van der Waals surface area contributed by atoms with E-state index in [1.54, 1.807) is 0 Å². The van der Waals surface area contributed by atoms with Gasteiger partial charge in [-0.3, -0.25) is 0 Å². The molecule has 0 aliphatic rings. The van der Waals surface area contributed by atoms with Crippen LogP contribution in [0.15, 0.2) is 40.8 Å². The molecule has 2 aromatic rings. The first-order chi connectivity index (χ1) is 8.70. The van der Waals surface area contributed by atoms with Gasteiger partial charge in [0.15, 0.2) is 0 Å². The predicted octanol–water partition coefficient (Wildman–Crippen LogP) is 4.00. The fourth-order valence-electron chi connectivity index (χ4n) is 2.14. The molecule has 1 heterocycles. The number of rotatable bonds is 5. The summed E-state index contributed by atoms with van der Waals surface area (Å²) in [6, 6.07) is 12.9. The molecule has 0 aliphatic heterocycles. The van der Waals surface area contributed by atoms with Crippen molar-refractivity contribution in [3.05, 3.63) is 59.0 Å². The molecule has 0 saturated heterocycles. The topological polar surface area (TPSA) is 25.2 Å². The molecule has 0 saturated carbocycles. The van der Waals surface area contributed by atoms with Crippen LogP contribution in [0.2, 0.25) is 0 Å². The molecule has 2 rings (SSSR count). The molecule has 1 aromatic heterocycles. The lowest BCUT2D eigenvalue weighted by atomic mass is 10.0. The zero-order valence-electron chi connectivity index (χ0n) is 11.4. The molecule has 0 radical (unpaired) electrons. The second-order valence-electron chi connectivity index (χ2n) is 4.68. The first-order valence-corrected chi connectivity index (χ1v) is 6.57. The quantitative estimate of drug-likeness (QED) is 0.858. The number of nitrogens with one attached hydrogen (secondary N) is 1. The Morgan fingerprint density at radius 2 is 1.83 bits per heavy atom. The van der Waals surface area contributed by atoms with E-state index in [1.807, 2.05) is 0 Å². The molecule has 1 aromatic carbocycles. The number of benzene rings is 1. The van der Waals surface area contributed by atoms with Crippen molar-refractivity contribution in [2.75, 3.05) is 0 Å². The third-order valence-electron chi connectivity index (χ3n) is 3.30. The molecule has 1 N–H and O–H groups in total. The highest BCUT2D eigenvalue weighted by Gasteiger charge is 2.08. The summed E-state index contributed by atoms with van der Waals surface area (Å²) < 4.78 is 5.69. The average molecular weight is 243 g/mol. The highest BCUT2D eigenvalue weighted by atomic mass is 16.3.